The van der Waals surface area contributed by atoms with Gasteiger partial charge in [-0.15, -0.1) is 10.2 Å². The highest BCUT2D eigenvalue weighted by molar-refractivity contribution is 7.16. The van der Waals surface area contributed by atoms with E-state index >= 15 is 0 Å². The normalized spacial score (nSPS) is 15.4. The molecule has 4 rings (SSSR count). The van der Waals surface area contributed by atoms with Crippen LogP contribution in [0.5, 0.6) is 5.75 Å². The van der Waals surface area contributed by atoms with Gasteiger partial charge in [0.25, 0.3) is 0 Å². The van der Waals surface area contributed by atoms with Gasteiger partial charge in [-0.2, -0.15) is 9.61 Å². The molecule has 0 saturated carbocycles. The molecular weight excluding hydrogens is 362 g/mol. The summed E-state index contributed by atoms with van der Waals surface area (Å²) in [5, 5.41) is 13.9. The van der Waals surface area contributed by atoms with E-state index < -0.39 is 0 Å². The van der Waals surface area contributed by atoms with Crippen molar-refractivity contribution in [2.45, 2.75) is 38.5 Å². The second-order valence-corrected chi connectivity index (χ2v) is 7.84. The minimum Gasteiger partial charge on any atom is -0.496 e. The number of rotatable bonds is 5. The average molecular weight is 385 g/mol. The van der Waals surface area contributed by atoms with Crippen LogP contribution < -0.4 is 4.74 Å². The number of amides is 1. The lowest BCUT2D eigenvalue weighted by Crippen LogP contribution is -2.38. The smallest absolute Gasteiger partial charge is 0.234 e. The van der Waals surface area contributed by atoms with Crippen LogP contribution in [-0.2, 0) is 11.2 Å². The molecule has 0 radical (unpaired) electrons. The van der Waals surface area contributed by atoms with E-state index in [4.69, 9.17) is 4.74 Å². The van der Waals surface area contributed by atoms with Gasteiger partial charge in [-0.05, 0) is 37.8 Å². The lowest BCUT2D eigenvalue weighted by Gasteiger charge is -2.31. The summed E-state index contributed by atoms with van der Waals surface area (Å²) in [5.74, 6) is 2.28. The van der Waals surface area contributed by atoms with Gasteiger partial charge in [0.15, 0.2) is 5.82 Å². The van der Waals surface area contributed by atoms with Gasteiger partial charge in [-0.1, -0.05) is 29.5 Å². The van der Waals surface area contributed by atoms with Crippen LogP contribution in [0.2, 0.25) is 0 Å². The first-order chi connectivity index (χ1) is 13.2. The molecule has 0 aliphatic carbocycles. The number of piperidine rings is 1. The van der Waals surface area contributed by atoms with Crippen LogP contribution in [0, 0.1) is 6.92 Å². The molecule has 0 spiro atoms. The first-order valence-electron chi connectivity index (χ1n) is 9.24. The highest BCUT2D eigenvalue weighted by Crippen LogP contribution is 2.31. The Balaban J connectivity index is 1.32. The molecule has 1 amide bonds. The number of nitrogens with zero attached hydrogens (tertiary/aromatic N) is 5. The second kappa shape index (κ2) is 7.64. The second-order valence-electron chi connectivity index (χ2n) is 6.85. The molecule has 0 unspecified atom stereocenters. The third-order valence-electron chi connectivity index (χ3n) is 5.16. The first kappa shape index (κ1) is 17.9. The number of fused-ring (bicyclic) bond motifs is 1. The van der Waals surface area contributed by atoms with Crippen LogP contribution in [0.15, 0.2) is 24.3 Å². The lowest BCUT2D eigenvalue weighted by molar-refractivity contribution is -0.132. The maximum atomic E-state index is 12.6. The summed E-state index contributed by atoms with van der Waals surface area (Å²) in [6, 6.07) is 7.89. The zero-order chi connectivity index (χ0) is 18.8. The van der Waals surface area contributed by atoms with Gasteiger partial charge < -0.3 is 9.64 Å². The number of hydrogen-bond acceptors (Lipinski definition) is 6. The maximum Gasteiger partial charge on any atom is 0.234 e. The van der Waals surface area contributed by atoms with Crippen LogP contribution in [0.4, 0.5) is 0 Å². The van der Waals surface area contributed by atoms with E-state index in [0.717, 1.165) is 53.0 Å². The molecule has 8 heteroatoms. The van der Waals surface area contributed by atoms with E-state index in [-0.39, 0.29) is 5.91 Å². The number of carbonyl (C=O) groups excluding carboxylic acids is 1. The van der Waals surface area contributed by atoms with E-state index in [0.29, 0.717) is 18.8 Å². The summed E-state index contributed by atoms with van der Waals surface area (Å²) < 4.78 is 7.18. The maximum absolute atomic E-state index is 12.6. The monoisotopic (exact) mass is 385 g/mol. The molecule has 3 aromatic rings. The van der Waals surface area contributed by atoms with E-state index in [1.165, 1.54) is 0 Å². The molecule has 142 valence electrons. The van der Waals surface area contributed by atoms with Gasteiger partial charge in [-0.25, -0.2) is 0 Å². The number of para-hydroxylation sites is 1. The van der Waals surface area contributed by atoms with Gasteiger partial charge in [0, 0.05) is 25.4 Å². The Kier molecular flexibility index (Phi) is 5.07. The summed E-state index contributed by atoms with van der Waals surface area (Å²) in [7, 11) is 1.67. The molecule has 0 N–H and O–H groups in total. The molecule has 2 aromatic heterocycles. The number of aromatic nitrogens is 4. The Morgan fingerprint density at radius 3 is 2.78 bits per heavy atom. The summed E-state index contributed by atoms with van der Waals surface area (Å²) in [6.45, 7) is 3.48. The van der Waals surface area contributed by atoms with Gasteiger partial charge in [0.2, 0.25) is 10.9 Å². The number of hydrogen-bond donors (Lipinski definition) is 0. The van der Waals surface area contributed by atoms with Crippen molar-refractivity contribution in [2.75, 3.05) is 20.2 Å². The van der Waals surface area contributed by atoms with Gasteiger partial charge >= 0.3 is 0 Å². The summed E-state index contributed by atoms with van der Waals surface area (Å²) in [6.07, 6.45) is 3.12. The molecule has 0 bridgehead atoms. The van der Waals surface area contributed by atoms with Gasteiger partial charge in [0.1, 0.15) is 10.8 Å². The third kappa shape index (κ3) is 3.66. The van der Waals surface area contributed by atoms with Crippen LogP contribution in [-0.4, -0.2) is 50.8 Å². The molecule has 27 heavy (non-hydrogen) atoms. The summed E-state index contributed by atoms with van der Waals surface area (Å²) >= 11 is 1.61. The van der Waals surface area contributed by atoms with Crippen molar-refractivity contribution < 1.29 is 9.53 Å². The number of likely N-dealkylation sites (tertiary alicyclic amines) is 1. The fraction of sp³-hybridized carbons (Fsp3) is 0.474. The third-order valence-corrected chi connectivity index (χ3v) is 6.22. The van der Waals surface area contributed by atoms with E-state index in [9.17, 15) is 4.79 Å². The molecule has 1 aliphatic heterocycles. The summed E-state index contributed by atoms with van der Waals surface area (Å²) in [4.78, 5) is 15.4. The fourth-order valence-corrected chi connectivity index (χ4v) is 4.63. The molecule has 3 heterocycles. The number of methoxy groups -OCH3 is 1. The van der Waals surface area contributed by atoms with Crippen molar-refractivity contribution >= 4 is 22.2 Å². The number of carbonyl (C=O) groups is 1. The topological polar surface area (TPSA) is 72.6 Å². The number of aryl methyl sites for hydroxylation is 2. The van der Waals surface area contributed by atoms with Crippen molar-refractivity contribution in [2.24, 2.45) is 0 Å². The van der Waals surface area contributed by atoms with E-state index in [2.05, 4.69) is 15.3 Å². The molecule has 0 atom stereocenters. The minimum atomic E-state index is 0.216. The van der Waals surface area contributed by atoms with Crippen LogP contribution >= 0.6 is 11.3 Å². The van der Waals surface area contributed by atoms with Crippen molar-refractivity contribution in [3.8, 4) is 5.75 Å². The lowest BCUT2D eigenvalue weighted by atomic mass is 9.97. The largest absolute Gasteiger partial charge is 0.496 e. The van der Waals surface area contributed by atoms with Crippen molar-refractivity contribution in [3.05, 3.63) is 40.7 Å². The van der Waals surface area contributed by atoms with E-state index in [1.807, 2.05) is 40.6 Å². The first-order valence-corrected chi connectivity index (χ1v) is 10.1. The van der Waals surface area contributed by atoms with Crippen LogP contribution in [0.3, 0.4) is 0 Å². The number of ether oxygens (including phenoxy) is 1. The van der Waals surface area contributed by atoms with Crippen molar-refractivity contribution in [1.29, 1.82) is 0 Å². The number of benzene rings is 1. The molecule has 7 nitrogen and oxygen atoms in total. The Hall–Kier alpha value is -2.48. The summed E-state index contributed by atoms with van der Waals surface area (Å²) in [5.41, 5.74) is 1.08. The molecule has 1 aromatic carbocycles. The highest BCUT2D eigenvalue weighted by Gasteiger charge is 2.26. The Bertz CT molecular complexity index is 943. The van der Waals surface area contributed by atoms with Crippen molar-refractivity contribution in [3.63, 3.8) is 0 Å². The van der Waals surface area contributed by atoms with Crippen LogP contribution in [0.1, 0.15) is 41.6 Å². The zero-order valence-corrected chi connectivity index (χ0v) is 16.4. The molecule has 1 aliphatic rings. The highest BCUT2D eigenvalue weighted by atomic mass is 32.1. The standard InChI is InChI=1S/C19H23N5O2S/c1-13-20-21-19-24(13)22-18(27-19)15-9-11-23(12-10-15)17(25)8-7-14-5-3-4-6-16(14)26-2/h3-6,15H,7-12H2,1-2H3. The predicted octanol–water partition coefficient (Wildman–Crippen LogP) is 2.84. The zero-order valence-electron chi connectivity index (χ0n) is 15.6. The molecule has 1 fully saturated rings. The Labute approximate surface area is 162 Å². The average Bonchev–Trinajstić information content (AvgIpc) is 3.28. The fourth-order valence-electron chi connectivity index (χ4n) is 3.58. The Morgan fingerprint density at radius 1 is 1.26 bits per heavy atom. The SMILES string of the molecule is COc1ccccc1CCC(=O)N1CCC(c2nn3c(C)nnc3s2)CC1. The van der Waals surface area contributed by atoms with Gasteiger partial charge in [-0.3, -0.25) is 4.79 Å². The molecular formula is C19H23N5O2S. The van der Waals surface area contributed by atoms with Gasteiger partial charge in [0.05, 0.1) is 7.11 Å². The Morgan fingerprint density at radius 2 is 2.04 bits per heavy atom. The van der Waals surface area contributed by atoms with Crippen molar-refractivity contribution in [1.82, 2.24) is 24.7 Å². The quantitative estimate of drug-likeness (QED) is 0.675. The predicted molar refractivity (Wildman–Crippen MR) is 103 cm³/mol. The molecule has 1 saturated heterocycles. The van der Waals surface area contributed by atoms with E-state index in [1.54, 1.807) is 18.4 Å². The van der Waals surface area contributed by atoms with Crippen LogP contribution in [0.25, 0.3) is 4.96 Å². The minimum absolute atomic E-state index is 0.216.